The maximum Gasteiger partial charge on any atom is 0.130 e. The molecule has 4 aromatic rings. The zero-order valence-electron chi connectivity index (χ0n) is 15.7. The summed E-state index contributed by atoms with van der Waals surface area (Å²) in [5, 5.41) is 8.36. The Balaban J connectivity index is 2.04. The highest BCUT2D eigenvalue weighted by atomic mass is 15.1. The summed E-state index contributed by atoms with van der Waals surface area (Å²) in [4.78, 5) is 8.60. The van der Waals surface area contributed by atoms with Crippen LogP contribution in [0.15, 0.2) is 66.0 Å². The normalized spacial score (nSPS) is 12.0. The van der Waals surface area contributed by atoms with Crippen LogP contribution in [-0.2, 0) is 13.6 Å². The molecule has 0 radical (unpaired) electrons. The highest BCUT2D eigenvalue weighted by Gasteiger charge is 2.16. The van der Waals surface area contributed by atoms with Crippen LogP contribution in [0.2, 0.25) is 0 Å². The van der Waals surface area contributed by atoms with Crippen LogP contribution in [0.1, 0.15) is 12.5 Å². The lowest BCUT2D eigenvalue weighted by molar-refractivity contribution is 0.825. The molecule has 0 fully saturated rings. The third-order valence-electron chi connectivity index (χ3n) is 4.91. The van der Waals surface area contributed by atoms with E-state index in [-0.39, 0.29) is 0 Å². The molecule has 6 heteroatoms. The first-order valence-corrected chi connectivity index (χ1v) is 8.84. The lowest BCUT2D eigenvalue weighted by Gasteiger charge is -2.12. The second-order valence-electron chi connectivity index (χ2n) is 6.59. The second kappa shape index (κ2) is 6.72. The lowest BCUT2D eigenvalue weighted by Crippen LogP contribution is -2.24. The Hall–Kier alpha value is -3.41. The molecular formula is C21H22N6. The Morgan fingerprint density at radius 1 is 1.07 bits per heavy atom. The summed E-state index contributed by atoms with van der Waals surface area (Å²) >= 11 is 0. The van der Waals surface area contributed by atoms with E-state index in [9.17, 15) is 0 Å². The first-order chi connectivity index (χ1) is 13.1. The quantitative estimate of drug-likeness (QED) is 0.443. The van der Waals surface area contributed by atoms with Crippen molar-refractivity contribution in [2.75, 3.05) is 7.05 Å². The van der Waals surface area contributed by atoms with Gasteiger partial charge in [-0.05, 0) is 30.7 Å². The van der Waals surface area contributed by atoms with E-state index < -0.39 is 0 Å². The number of aryl methyl sites for hydroxylation is 1. The standard InChI is InChI=1S/C21H22N6/c1-15(23-2)27-19-11-18(20-12-24-14-25(20)3)26(17(19)9-10-21(27)22)13-16-7-5-4-6-8-16/h4-12,14,22H,13H2,1-3H3. The molecule has 0 aliphatic rings. The maximum absolute atomic E-state index is 8.36. The first kappa shape index (κ1) is 17.0. The number of rotatable bonds is 3. The van der Waals surface area contributed by atoms with Gasteiger partial charge in [0, 0.05) is 20.6 Å². The lowest BCUT2D eigenvalue weighted by atomic mass is 10.2. The molecule has 6 nitrogen and oxygen atoms in total. The van der Waals surface area contributed by atoms with Crippen molar-refractivity contribution in [1.82, 2.24) is 18.7 Å². The summed E-state index contributed by atoms with van der Waals surface area (Å²) in [6, 6.07) is 16.4. The number of hydrogen-bond acceptors (Lipinski definition) is 3. The number of imidazole rings is 1. The largest absolute Gasteiger partial charge is 0.333 e. The van der Waals surface area contributed by atoms with Gasteiger partial charge >= 0.3 is 0 Å². The summed E-state index contributed by atoms with van der Waals surface area (Å²) in [7, 11) is 3.75. The summed E-state index contributed by atoms with van der Waals surface area (Å²) in [6.45, 7) is 2.67. The van der Waals surface area contributed by atoms with Crippen molar-refractivity contribution in [1.29, 1.82) is 5.41 Å². The van der Waals surface area contributed by atoms with E-state index in [1.54, 1.807) is 7.05 Å². The van der Waals surface area contributed by atoms with Gasteiger partial charge in [0.25, 0.3) is 0 Å². The Morgan fingerprint density at radius 2 is 1.85 bits per heavy atom. The number of nitrogens with zero attached hydrogens (tertiary/aromatic N) is 5. The molecule has 3 aromatic heterocycles. The zero-order chi connectivity index (χ0) is 19.0. The van der Waals surface area contributed by atoms with Crippen molar-refractivity contribution in [3.63, 3.8) is 0 Å². The minimum Gasteiger partial charge on any atom is -0.333 e. The average Bonchev–Trinajstić information content (AvgIpc) is 3.25. The fourth-order valence-electron chi connectivity index (χ4n) is 3.47. The fraction of sp³-hybridized carbons (Fsp3) is 0.190. The van der Waals surface area contributed by atoms with Gasteiger partial charge in [0.05, 0.1) is 34.9 Å². The van der Waals surface area contributed by atoms with E-state index in [0.717, 1.165) is 34.8 Å². The predicted octanol–water partition coefficient (Wildman–Crippen LogP) is 3.27. The first-order valence-electron chi connectivity index (χ1n) is 8.84. The Kier molecular flexibility index (Phi) is 4.24. The molecular weight excluding hydrogens is 336 g/mol. The van der Waals surface area contributed by atoms with E-state index in [1.807, 2.05) is 53.8 Å². The molecule has 0 atom stereocenters. The van der Waals surface area contributed by atoms with Crippen LogP contribution in [0, 0.1) is 5.41 Å². The molecule has 0 unspecified atom stereocenters. The number of hydrogen-bond donors (Lipinski definition) is 1. The van der Waals surface area contributed by atoms with Crippen molar-refractivity contribution in [2.24, 2.45) is 12.0 Å². The topological polar surface area (TPSA) is 63.9 Å². The van der Waals surface area contributed by atoms with Crippen molar-refractivity contribution in [3.8, 4) is 11.4 Å². The van der Waals surface area contributed by atoms with Gasteiger partial charge in [0.15, 0.2) is 0 Å². The van der Waals surface area contributed by atoms with Crippen LogP contribution in [0.5, 0.6) is 0 Å². The molecule has 0 aliphatic heterocycles. The van der Waals surface area contributed by atoms with E-state index in [1.165, 1.54) is 5.56 Å². The zero-order valence-corrected chi connectivity index (χ0v) is 15.7. The van der Waals surface area contributed by atoms with Gasteiger partial charge in [0.1, 0.15) is 11.3 Å². The van der Waals surface area contributed by atoms with Gasteiger partial charge in [-0.1, -0.05) is 30.3 Å². The number of benzene rings is 1. The van der Waals surface area contributed by atoms with E-state index in [4.69, 9.17) is 5.41 Å². The summed E-state index contributed by atoms with van der Waals surface area (Å²) in [6.07, 6.45) is 3.69. The molecule has 1 N–H and O–H groups in total. The van der Waals surface area contributed by atoms with Crippen LogP contribution >= 0.6 is 0 Å². The van der Waals surface area contributed by atoms with Gasteiger partial charge in [-0.25, -0.2) is 4.98 Å². The smallest absolute Gasteiger partial charge is 0.130 e. The number of pyridine rings is 1. The van der Waals surface area contributed by atoms with Gasteiger partial charge in [-0.15, -0.1) is 0 Å². The number of nitrogens with one attached hydrogen (secondary N) is 1. The van der Waals surface area contributed by atoms with Crippen LogP contribution < -0.4 is 5.49 Å². The molecule has 1 aromatic carbocycles. The average molecular weight is 358 g/mol. The molecule has 0 saturated carbocycles. The van der Waals surface area contributed by atoms with Crippen LogP contribution in [-0.4, -0.2) is 31.6 Å². The van der Waals surface area contributed by atoms with Gasteiger partial charge < -0.3 is 9.13 Å². The number of aromatic nitrogens is 4. The van der Waals surface area contributed by atoms with E-state index in [2.05, 4.69) is 44.9 Å². The summed E-state index contributed by atoms with van der Waals surface area (Å²) < 4.78 is 6.18. The van der Waals surface area contributed by atoms with Crippen molar-refractivity contribution < 1.29 is 0 Å². The molecule has 136 valence electrons. The highest BCUT2D eigenvalue weighted by molar-refractivity contribution is 5.94. The summed E-state index contributed by atoms with van der Waals surface area (Å²) in [5.41, 5.74) is 5.77. The molecule has 0 saturated heterocycles. The molecule has 3 heterocycles. The minimum absolute atomic E-state index is 0.416. The van der Waals surface area contributed by atoms with Gasteiger partial charge in [-0.2, -0.15) is 0 Å². The fourth-order valence-corrected chi connectivity index (χ4v) is 3.47. The van der Waals surface area contributed by atoms with E-state index in [0.29, 0.717) is 5.49 Å². The Bertz CT molecular complexity index is 1190. The number of aliphatic imine (C=N–C) groups is 1. The van der Waals surface area contributed by atoms with Crippen LogP contribution in [0.4, 0.5) is 0 Å². The Morgan fingerprint density at radius 3 is 2.52 bits per heavy atom. The molecule has 0 bridgehead atoms. The molecule has 4 rings (SSSR count). The van der Waals surface area contributed by atoms with Crippen LogP contribution in [0.25, 0.3) is 22.4 Å². The molecule has 0 spiro atoms. The molecule has 27 heavy (non-hydrogen) atoms. The molecule has 0 amide bonds. The third-order valence-corrected chi connectivity index (χ3v) is 4.91. The van der Waals surface area contributed by atoms with Gasteiger partial charge in [-0.3, -0.25) is 15.0 Å². The van der Waals surface area contributed by atoms with E-state index >= 15 is 0 Å². The monoisotopic (exact) mass is 358 g/mol. The second-order valence-corrected chi connectivity index (χ2v) is 6.59. The summed E-state index contributed by atoms with van der Waals surface area (Å²) in [5.74, 6) is 0.791. The van der Waals surface area contributed by atoms with Crippen molar-refractivity contribution in [3.05, 3.63) is 72.1 Å². The third kappa shape index (κ3) is 2.89. The van der Waals surface area contributed by atoms with Crippen molar-refractivity contribution in [2.45, 2.75) is 13.5 Å². The predicted molar refractivity (Wildman–Crippen MR) is 108 cm³/mol. The van der Waals surface area contributed by atoms with Crippen LogP contribution in [0.3, 0.4) is 0 Å². The number of fused-ring (bicyclic) bond motifs is 1. The maximum atomic E-state index is 8.36. The van der Waals surface area contributed by atoms with Crippen molar-refractivity contribution >= 4 is 16.9 Å². The molecule has 0 aliphatic carbocycles. The highest BCUT2D eigenvalue weighted by Crippen LogP contribution is 2.28. The minimum atomic E-state index is 0.416. The van der Waals surface area contributed by atoms with Gasteiger partial charge in [0.2, 0.25) is 0 Å². The SMILES string of the molecule is CN=C(C)n1c(=N)ccc2c1cc(-c1cncn1C)n2Cc1ccccc1. The Labute approximate surface area is 157 Å².